The molecule has 0 bridgehead atoms. The number of aromatic amines is 1. The molecule has 0 radical (unpaired) electrons. The highest BCUT2D eigenvalue weighted by molar-refractivity contribution is 6.91. The van der Waals surface area contributed by atoms with Crippen LogP contribution in [0.4, 0.5) is 17.1 Å². The summed E-state index contributed by atoms with van der Waals surface area (Å²) < 4.78 is 14.6. The zero-order chi connectivity index (χ0) is 45.5. The van der Waals surface area contributed by atoms with Gasteiger partial charge in [0.15, 0.2) is 5.60 Å². The van der Waals surface area contributed by atoms with Gasteiger partial charge in [-0.1, -0.05) is 103 Å². The lowest BCUT2D eigenvalue weighted by atomic mass is 9.82. The normalized spacial score (nSPS) is 19.7. The van der Waals surface area contributed by atoms with Gasteiger partial charge in [0.05, 0.1) is 63.1 Å². The highest BCUT2D eigenvalue weighted by Crippen LogP contribution is 2.60. The molecule has 2 aliphatic rings. The first-order valence-corrected chi connectivity index (χ1v) is 24.9. The standard InChI is InChI=1S/C50H51N7O7Si/c1-32-48(65(3,4)39-20-18-38(63-2)19-21-39)46(23-24-55-30-44(53-54-55)41(31-58)34-12-6-5-7-13-34)64-50(32)42-27-37(57(61)62)17-22-45(42)56(49(50)60)29-33-11-10-14-36(25-33)52-47(59)26-35-28-51-43-16-9-8-15-40(35)43/h5-22,25,27-28,30,32,41,46,48,51,58H,23-24,26,29,31H2,1-4H3,(H,52,59)/t32-,41?,46+,48-,50+/m1/s1. The molecule has 4 heterocycles. The maximum Gasteiger partial charge on any atom is 0.269 e. The number of methoxy groups -OCH3 is 1. The van der Waals surface area contributed by atoms with E-state index in [-0.39, 0.29) is 48.5 Å². The Labute approximate surface area is 377 Å². The molecule has 0 saturated carbocycles. The van der Waals surface area contributed by atoms with Gasteiger partial charge in [0.1, 0.15) is 5.75 Å². The molecule has 15 heteroatoms. The van der Waals surface area contributed by atoms with E-state index in [0.717, 1.165) is 38.5 Å². The number of aryl methyl sites for hydroxylation is 1. The fourth-order valence-electron chi connectivity index (χ4n) is 10.3. The maximum atomic E-state index is 15.5. The highest BCUT2D eigenvalue weighted by Gasteiger charge is 2.66. The highest BCUT2D eigenvalue weighted by atomic mass is 28.3. The van der Waals surface area contributed by atoms with Crippen molar-refractivity contribution in [3.05, 3.63) is 172 Å². The largest absolute Gasteiger partial charge is 0.497 e. The molecule has 1 spiro atoms. The molecule has 2 aliphatic heterocycles. The number of amides is 2. The van der Waals surface area contributed by atoms with Crippen molar-refractivity contribution in [3.8, 4) is 5.75 Å². The molecule has 7 aromatic rings. The van der Waals surface area contributed by atoms with Crippen molar-refractivity contribution < 1.29 is 29.1 Å². The number of carbonyl (C=O) groups excluding carboxylic acids is 2. The van der Waals surface area contributed by atoms with Gasteiger partial charge in [0, 0.05) is 59.1 Å². The molecular weight excluding hydrogens is 839 g/mol. The van der Waals surface area contributed by atoms with E-state index in [1.807, 2.05) is 103 Å². The third-order valence-corrected chi connectivity index (χ3v) is 17.9. The summed E-state index contributed by atoms with van der Waals surface area (Å²) >= 11 is 0. The minimum absolute atomic E-state index is 0.132. The van der Waals surface area contributed by atoms with Gasteiger partial charge in [0.2, 0.25) is 5.91 Å². The van der Waals surface area contributed by atoms with Crippen LogP contribution in [0.5, 0.6) is 5.75 Å². The molecular formula is C50H51N7O7Si. The second kappa shape index (κ2) is 17.6. The Bertz CT molecular complexity index is 2880. The summed E-state index contributed by atoms with van der Waals surface area (Å²) in [6.45, 7) is 7.04. The lowest BCUT2D eigenvalue weighted by Gasteiger charge is -2.37. The number of aromatic nitrogens is 4. The Balaban J connectivity index is 1.04. The first-order valence-electron chi connectivity index (χ1n) is 21.8. The van der Waals surface area contributed by atoms with Gasteiger partial charge in [0.25, 0.3) is 11.6 Å². The molecule has 0 aliphatic carbocycles. The molecule has 2 aromatic heterocycles. The Hall–Kier alpha value is -6.94. The number of hydrogen-bond donors (Lipinski definition) is 3. The van der Waals surface area contributed by atoms with E-state index in [2.05, 4.69) is 52.8 Å². The van der Waals surface area contributed by atoms with Crippen LogP contribution in [-0.2, 0) is 39.4 Å². The predicted molar refractivity (Wildman–Crippen MR) is 251 cm³/mol. The number of nitro groups is 1. The average Bonchev–Trinajstić information content (AvgIpc) is 4.08. The molecule has 1 unspecified atom stereocenters. The number of carbonyl (C=O) groups is 2. The van der Waals surface area contributed by atoms with Crippen LogP contribution in [0.15, 0.2) is 134 Å². The van der Waals surface area contributed by atoms with Gasteiger partial charge in [-0.3, -0.25) is 24.4 Å². The number of nitrogens with one attached hydrogen (secondary N) is 2. The minimum atomic E-state index is -2.55. The van der Waals surface area contributed by atoms with Crippen molar-refractivity contribution in [2.75, 3.05) is 23.9 Å². The summed E-state index contributed by atoms with van der Waals surface area (Å²) in [5.41, 5.74) is 3.96. The predicted octanol–water partition coefficient (Wildman–Crippen LogP) is 7.83. The number of H-pyrrole nitrogens is 1. The van der Waals surface area contributed by atoms with Crippen LogP contribution < -0.4 is 20.1 Å². The topological polar surface area (TPSA) is 178 Å². The minimum Gasteiger partial charge on any atom is -0.497 e. The second-order valence-electron chi connectivity index (χ2n) is 17.6. The zero-order valence-electron chi connectivity index (χ0n) is 36.7. The van der Waals surface area contributed by atoms with Gasteiger partial charge < -0.3 is 29.8 Å². The molecule has 3 N–H and O–H groups in total. The Morgan fingerprint density at radius 2 is 1.78 bits per heavy atom. The van der Waals surface area contributed by atoms with E-state index in [9.17, 15) is 20.0 Å². The molecule has 332 valence electrons. The van der Waals surface area contributed by atoms with Crippen molar-refractivity contribution in [3.63, 3.8) is 0 Å². The van der Waals surface area contributed by atoms with Crippen molar-refractivity contribution in [1.29, 1.82) is 0 Å². The molecule has 2 amide bonds. The van der Waals surface area contributed by atoms with Gasteiger partial charge in [-0.15, -0.1) is 5.10 Å². The van der Waals surface area contributed by atoms with Crippen LogP contribution in [-0.4, -0.2) is 69.7 Å². The zero-order valence-corrected chi connectivity index (χ0v) is 37.7. The Morgan fingerprint density at radius 1 is 1.02 bits per heavy atom. The van der Waals surface area contributed by atoms with Crippen LogP contribution in [0, 0.1) is 16.0 Å². The second-order valence-corrected chi connectivity index (χ2v) is 22.3. The van der Waals surface area contributed by atoms with E-state index < -0.39 is 30.6 Å². The molecule has 5 atom stereocenters. The molecule has 1 fully saturated rings. The SMILES string of the molecule is COc1ccc([Si](C)(C)[C@H]2[C@H](CCn3cc(C(CO)c4ccccc4)nn3)O[C@@]3(C(=O)N(Cc4cccc(NC(=O)Cc5c[nH]c6ccccc56)c4)c4ccc([N+](=O)[O-])cc43)[C@@H]2C)cc1. The third kappa shape index (κ3) is 8.00. The fraction of sp³-hybridized carbons (Fsp3) is 0.280. The summed E-state index contributed by atoms with van der Waals surface area (Å²) in [6.07, 6.45) is 3.89. The lowest BCUT2D eigenvalue weighted by Crippen LogP contribution is -2.51. The van der Waals surface area contributed by atoms with Crippen LogP contribution in [0.1, 0.15) is 47.2 Å². The van der Waals surface area contributed by atoms with Crippen LogP contribution in [0.3, 0.4) is 0 Å². The average molecular weight is 890 g/mol. The van der Waals surface area contributed by atoms with E-state index in [1.54, 1.807) is 22.8 Å². The summed E-state index contributed by atoms with van der Waals surface area (Å²) in [6, 6.07) is 37.6. The number of fused-ring (bicyclic) bond motifs is 3. The number of non-ortho nitro benzene ring substituents is 1. The number of anilines is 2. The van der Waals surface area contributed by atoms with Gasteiger partial charge in [-0.05, 0) is 65.1 Å². The Morgan fingerprint density at radius 3 is 2.54 bits per heavy atom. The van der Waals surface area contributed by atoms with E-state index in [1.165, 1.54) is 12.1 Å². The number of rotatable bonds is 15. The van der Waals surface area contributed by atoms with Crippen LogP contribution in [0.2, 0.25) is 18.6 Å². The number of benzene rings is 5. The first-order chi connectivity index (χ1) is 31.4. The van der Waals surface area contributed by atoms with Gasteiger partial charge >= 0.3 is 0 Å². The molecule has 9 rings (SSSR count). The summed E-state index contributed by atoms with van der Waals surface area (Å²) in [4.78, 5) is 45.7. The summed E-state index contributed by atoms with van der Waals surface area (Å²) in [5, 5.41) is 36.8. The van der Waals surface area contributed by atoms with Crippen molar-refractivity contribution in [1.82, 2.24) is 20.0 Å². The lowest BCUT2D eigenvalue weighted by molar-refractivity contribution is -0.385. The number of para-hydroxylation sites is 1. The first kappa shape index (κ1) is 43.3. The van der Waals surface area contributed by atoms with Crippen molar-refractivity contribution in [2.45, 2.75) is 69.1 Å². The van der Waals surface area contributed by atoms with E-state index in [0.29, 0.717) is 35.6 Å². The number of ether oxygens (including phenoxy) is 2. The summed E-state index contributed by atoms with van der Waals surface area (Å²) in [7, 11) is -0.919. The molecule has 14 nitrogen and oxygen atoms in total. The van der Waals surface area contributed by atoms with Crippen molar-refractivity contribution >= 4 is 53.0 Å². The van der Waals surface area contributed by atoms with Gasteiger partial charge in [-0.25, -0.2) is 0 Å². The number of aliphatic hydroxyl groups is 1. The number of nitrogens with zero attached hydrogens (tertiary/aromatic N) is 5. The smallest absolute Gasteiger partial charge is 0.269 e. The quantitative estimate of drug-likeness (QED) is 0.0526. The van der Waals surface area contributed by atoms with Crippen LogP contribution in [0.25, 0.3) is 10.9 Å². The number of nitro benzene ring substituents is 1. The monoisotopic (exact) mass is 889 g/mol. The van der Waals surface area contributed by atoms with E-state index in [4.69, 9.17) is 9.47 Å². The molecule has 65 heavy (non-hydrogen) atoms. The van der Waals surface area contributed by atoms with Crippen LogP contribution >= 0.6 is 0 Å². The third-order valence-electron chi connectivity index (χ3n) is 13.5. The Kier molecular flexibility index (Phi) is 11.7. The molecule has 1 saturated heterocycles. The number of hydrogen-bond acceptors (Lipinski definition) is 9. The van der Waals surface area contributed by atoms with Crippen molar-refractivity contribution in [2.24, 2.45) is 5.92 Å². The van der Waals surface area contributed by atoms with Gasteiger partial charge in [-0.2, -0.15) is 0 Å². The molecule has 5 aromatic carbocycles. The number of aliphatic hydroxyl groups excluding tert-OH is 1. The summed E-state index contributed by atoms with van der Waals surface area (Å²) in [5.74, 6) is -0.490. The maximum absolute atomic E-state index is 15.5. The van der Waals surface area contributed by atoms with E-state index >= 15 is 4.79 Å². The fourth-order valence-corrected chi connectivity index (χ4v) is 14.4.